The molecule has 2 nitrogen and oxygen atoms in total. The fraction of sp³-hybridized carbons (Fsp3) is 1.00. The van der Waals surface area contributed by atoms with Crippen molar-refractivity contribution in [1.29, 1.82) is 0 Å². The molecule has 1 aliphatic carbocycles. The fourth-order valence-electron chi connectivity index (χ4n) is 5.02. The Bertz CT molecular complexity index is 274. The highest BCUT2D eigenvalue weighted by molar-refractivity contribution is 4.94. The molecule has 1 saturated heterocycles. The van der Waals surface area contributed by atoms with E-state index in [9.17, 15) is 0 Å². The van der Waals surface area contributed by atoms with Crippen molar-refractivity contribution in [1.82, 2.24) is 5.32 Å². The lowest BCUT2D eigenvalue weighted by Crippen LogP contribution is -2.49. The molecule has 0 aromatic rings. The summed E-state index contributed by atoms with van der Waals surface area (Å²) in [4.78, 5) is 0. The molecule has 2 unspecified atom stereocenters. The molecule has 1 heterocycles. The molecular weight excluding hydrogens is 258 g/mol. The highest BCUT2D eigenvalue weighted by Crippen LogP contribution is 2.43. The van der Waals surface area contributed by atoms with Gasteiger partial charge in [-0.1, -0.05) is 46.0 Å². The van der Waals surface area contributed by atoms with Crippen molar-refractivity contribution in [3.8, 4) is 0 Å². The maximum Gasteiger partial charge on any atom is 0.0685 e. The van der Waals surface area contributed by atoms with Crippen molar-refractivity contribution in [3.05, 3.63) is 0 Å². The number of nitrogens with one attached hydrogen (secondary N) is 1. The van der Waals surface area contributed by atoms with Crippen LogP contribution in [0.5, 0.6) is 0 Å². The summed E-state index contributed by atoms with van der Waals surface area (Å²) in [5.41, 5.74) is 0.249. The second kappa shape index (κ2) is 8.53. The Kier molecular flexibility index (Phi) is 7.01. The quantitative estimate of drug-likeness (QED) is 0.720. The van der Waals surface area contributed by atoms with Gasteiger partial charge >= 0.3 is 0 Å². The molecule has 2 atom stereocenters. The van der Waals surface area contributed by atoms with E-state index in [0.29, 0.717) is 6.04 Å². The van der Waals surface area contributed by atoms with Crippen molar-refractivity contribution in [2.75, 3.05) is 13.7 Å². The monoisotopic (exact) mass is 295 g/mol. The maximum atomic E-state index is 6.30. The number of rotatable bonds is 7. The Morgan fingerprint density at radius 2 is 1.76 bits per heavy atom. The number of hydrogen-bond donors (Lipinski definition) is 1. The molecule has 1 N–H and O–H groups in total. The van der Waals surface area contributed by atoms with Crippen LogP contribution in [0.2, 0.25) is 0 Å². The smallest absolute Gasteiger partial charge is 0.0685 e. The zero-order chi connectivity index (χ0) is 15.1. The maximum absolute atomic E-state index is 6.30. The van der Waals surface area contributed by atoms with Crippen molar-refractivity contribution in [2.45, 2.75) is 96.1 Å². The lowest BCUT2D eigenvalue weighted by Gasteiger charge is -2.47. The second-order valence-electron chi connectivity index (χ2n) is 7.50. The van der Waals surface area contributed by atoms with Gasteiger partial charge in [0.05, 0.1) is 5.60 Å². The molecular formula is C19H37NO. The molecule has 2 aliphatic rings. The molecule has 2 fully saturated rings. The Labute approximate surface area is 132 Å². The van der Waals surface area contributed by atoms with Crippen LogP contribution in [0.15, 0.2) is 0 Å². The molecule has 1 spiro atoms. The molecule has 0 radical (unpaired) electrons. The van der Waals surface area contributed by atoms with Crippen molar-refractivity contribution in [3.63, 3.8) is 0 Å². The van der Waals surface area contributed by atoms with E-state index in [4.69, 9.17) is 4.74 Å². The van der Waals surface area contributed by atoms with Gasteiger partial charge in [-0.15, -0.1) is 0 Å². The summed E-state index contributed by atoms with van der Waals surface area (Å²) >= 11 is 0. The minimum Gasteiger partial charge on any atom is -0.375 e. The Morgan fingerprint density at radius 1 is 1.10 bits per heavy atom. The summed E-state index contributed by atoms with van der Waals surface area (Å²) in [6, 6.07) is 0.701. The Hall–Kier alpha value is -0.0800. The van der Waals surface area contributed by atoms with Gasteiger partial charge < -0.3 is 10.1 Å². The van der Waals surface area contributed by atoms with E-state index >= 15 is 0 Å². The second-order valence-corrected chi connectivity index (χ2v) is 7.50. The van der Waals surface area contributed by atoms with Gasteiger partial charge in [-0.25, -0.2) is 0 Å². The Morgan fingerprint density at radius 3 is 2.33 bits per heavy atom. The minimum absolute atomic E-state index is 0.249. The number of ether oxygens (including phenoxy) is 1. The normalized spacial score (nSPS) is 27.1. The molecule has 1 saturated carbocycles. The first-order chi connectivity index (χ1) is 10.2. The van der Waals surface area contributed by atoms with E-state index in [1.54, 1.807) is 0 Å². The average molecular weight is 296 g/mol. The average Bonchev–Trinajstić information content (AvgIpc) is 2.49. The zero-order valence-electron chi connectivity index (χ0n) is 14.6. The number of hydrogen-bond acceptors (Lipinski definition) is 2. The highest BCUT2D eigenvalue weighted by atomic mass is 16.5. The van der Waals surface area contributed by atoms with E-state index in [2.05, 4.69) is 26.2 Å². The molecule has 124 valence electrons. The summed E-state index contributed by atoms with van der Waals surface area (Å²) in [5, 5.41) is 3.71. The first kappa shape index (κ1) is 17.3. The van der Waals surface area contributed by atoms with Gasteiger partial charge in [0, 0.05) is 12.6 Å². The van der Waals surface area contributed by atoms with Crippen LogP contribution >= 0.6 is 0 Å². The topological polar surface area (TPSA) is 21.3 Å². The van der Waals surface area contributed by atoms with Crippen LogP contribution in [0.25, 0.3) is 0 Å². The van der Waals surface area contributed by atoms with Crippen LogP contribution in [-0.4, -0.2) is 25.3 Å². The van der Waals surface area contributed by atoms with Crippen LogP contribution < -0.4 is 5.32 Å². The fourth-order valence-corrected chi connectivity index (χ4v) is 5.02. The lowest BCUT2D eigenvalue weighted by molar-refractivity contribution is -0.124. The molecule has 0 aromatic heterocycles. The third-order valence-corrected chi connectivity index (χ3v) is 5.96. The third-order valence-electron chi connectivity index (χ3n) is 5.96. The van der Waals surface area contributed by atoms with Gasteiger partial charge in [-0.05, 0) is 57.4 Å². The van der Waals surface area contributed by atoms with Gasteiger partial charge in [0.1, 0.15) is 0 Å². The molecule has 21 heavy (non-hydrogen) atoms. The van der Waals surface area contributed by atoms with Gasteiger partial charge in [0.25, 0.3) is 0 Å². The molecule has 1 aliphatic heterocycles. The van der Waals surface area contributed by atoms with Gasteiger partial charge in [0.2, 0.25) is 0 Å². The summed E-state index contributed by atoms with van der Waals surface area (Å²) in [6.07, 6.45) is 14.8. The SMILES string of the molecule is CCCC(CCC)C(NC)C1CCOC2(CCCCC2)C1. The molecule has 0 aromatic carbocycles. The first-order valence-corrected chi connectivity index (χ1v) is 9.56. The predicted octanol–water partition coefficient (Wildman–Crippen LogP) is 4.92. The highest BCUT2D eigenvalue weighted by Gasteiger charge is 2.41. The summed E-state index contributed by atoms with van der Waals surface area (Å²) < 4.78 is 6.30. The van der Waals surface area contributed by atoms with E-state index in [1.165, 1.54) is 70.6 Å². The van der Waals surface area contributed by atoms with Crippen molar-refractivity contribution >= 4 is 0 Å². The zero-order valence-corrected chi connectivity index (χ0v) is 14.6. The molecule has 0 amide bonds. The predicted molar refractivity (Wildman–Crippen MR) is 90.6 cm³/mol. The van der Waals surface area contributed by atoms with E-state index < -0.39 is 0 Å². The van der Waals surface area contributed by atoms with Gasteiger partial charge in [0.15, 0.2) is 0 Å². The summed E-state index contributed by atoms with van der Waals surface area (Å²) in [5.74, 6) is 1.68. The summed E-state index contributed by atoms with van der Waals surface area (Å²) in [7, 11) is 2.19. The lowest BCUT2D eigenvalue weighted by atomic mass is 9.71. The van der Waals surface area contributed by atoms with Crippen LogP contribution in [0, 0.1) is 11.8 Å². The van der Waals surface area contributed by atoms with E-state index in [1.807, 2.05) is 0 Å². The summed E-state index contributed by atoms with van der Waals surface area (Å²) in [6.45, 7) is 5.66. The van der Waals surface area contributed by atoms with E-state index in [0.717, 1.165) is 18.4 Å². The minimum atomic E-state index is 0.249. The van der Waals surface area contributed by atoms with Crippen LogP contribution in [0.4, 0.5) is 0 Å². The molecule has 2 heteroatoms. The van der Waals surface area contributed by atoms with E-state index in [-0.39, 0.29) is 5.60 Å². The van der Waals surface area contributed by atoms with Crippen molar-refractivity contribution < 1.29 is 4.74 Å². The van der Waals surface area contributed by atoms with Crippen LogP contribution in [0.3, 0.4) is 0 Å². The van der Waals surface area contributed by atoms with Gasteiger partial charge in [-0.2, -0.15) is 0 Å². The molecule has 0 bridgehead atoms. The standard InChI is InChI=1S/C19H37NO/c1-4-9-16(10-5-2)18(20-3)17-11-14-21-19(15-17)12-7-6-8-13-19/h16-18,20H,4-15H2,1-3H3. The van der Waals surface area contributed by atoms with Crippen LogP contribution in [-0.2, 0) is 4.74 Å². The third kappa shape index (κ3) is 4.45. The Balaban J connectivity index is 2.02. The van der Waals surface area contributed by atoms with Crippen LogP contribution in [0.1, 0.15) is 84.5 Å². The first-order valence-electron chi connectivity index (χ1n) is 9.56. The van der Waals surface area contributed by atoms with Gasteiger partial charge in [-0.3, -0.25) is 0 Å². The largest absolute Gasteiger partial charge is 0.375 e. The molecule has 2 rings (SSSR count). The van der Waals surface area contributed by atoms with Crippen molar-refractivity contribution in [2.24, 2.45) is 11.8 Å².